The number of hydrogen-bond donors (Lipinski definition) is 4. The Labute approximate surface area is 200 Å². The van der Waals surface area contributed by atoms with Gasteiger partial charge < -0.3 is 75.2 Å². The summed E-state index contributed by atoms with van der Waals surface area (Å²) in [5.41, 5.74) is 0. The maximum atomic E-state index is 10.6. The topological polar surface area (TPSA) is 471 Å². The van der Waals surface area contributed by atoms with E-state index in [9.17, 15) is 19.2 Å². The van der Waals surface area contributed by atoms with E-state index < -0.39 is 50.1 Å². The van der Waals surface area contributed by atoms with Crippen LogP contribution in [0, 0.1) is 0 Å². The molecule has 0 bridgehead atoms. The number of nitrogens with zero attached hydrogens (tertiary/aromatic N) is 2. The third kappa shape index (κ3) is 56.6. The summed E-state index contributed by atoms with van der Waals surface area (Å²) in [6, 6.07) is 0. The maximum absolute atomic E-state index is 10.6. The molecule has 0 atom stereocenters. The van der Waals surface area contributed by atoms with E-state index in [1.165, 1.54) is 0 Å². The van der Waals surface area contributed by atoms with Gasteiger partial charge in [0, 0.05) is 46.1 Å². The molecule has 0 fully saturated rings. The molecule has 0 aliphatic rings. The fourth-order valence-electron chi connectivity index (χ4n) is 1.48. The minimum absolute atomic E-state index is 0. The predicted octanol–water partition coefficient (Wildman–Crippen LogP) is -10.3. The van der Waals surface area contributed by atoms with Gasteiger partial charge in [0.15, 0.2) is 0 Å². The van der Waals surface area contributed by atoms with Crippen LogP contribution in [0.4, 0.5) is 0 Å². The summed E-state index contributed by atoms with van der Waals surface area (Å²) < 4.78 is 0. The van der Waals surface area contributed by atoms with Crippen molar-refractivity contribution < 1.29 is 127 Å². The molecule has 24 N–H and O–H groups in total. The molecule has 20 nitrogen and oxygen atoms in total. The molecule has 0 radical (unpaired) electrons. The third-order valence-electron chi connectivity index (χ3n) is 2.17. The molecular formula is C10H36N2Ni2O18. The van der Waals surface area contributed by atoms with Crippen LogP contribution in [0.1, 0.15) is 0 Å². The second-order valence-electron chi connectivity index (χ2n) is 4.00. The summed E-state index contributed by atoms with van der Waals surface area (Å²) in [6.07, 6.45) is 0. The normalized spacial score (nSPS) is 6.69. The molecule has 0 saturated heterocycles. The van der Waals surface area contributed by atoms with E-state index in [0.29, 0.717) is 0 Å². The predicted molar refractivity (Wildman–Crippen MR) is 99.6 cm³/mol. The van der Waals surface area contributed by atoms with Crippen LogP contribution in [0.5, 0.6) is 0 Å². The van der Waals surface area contributed by atoms with Crippen LogP contribution in [0.15, 0.2) is 0 Å². The van der Waals surface area contributed by atoms with Gasteiger partial charge in [0.1, 0.15) is 0 Å². The molecule has 0 aliphatic carbocycles. The molecule has 0 heterocycles. The molecular weight excluding hydrogens is 553 g/mol. The molecule has 0 unspecified atom stereocenters. The Morgan fingerprint density at radius 2 is 0.531 bits per heavy atom. The zero-order chi connectivity index (χ0) is 15.7. The van der Waals surface area contributed by atoms with Crippen LogP contribution < -0.4 is 0 Å². The Morgan fingerprint density at radius 3 is 0.625 bits per heavy atom. The number of aliphatic carboxylic acids is 4. The average molecular weight is 590 g/mol. The van der Waals surface area contributed by atoms with E-state index in [0.717, 1.165) is 9.80 Å². The molecule has 22 heteroatoms. The van der Waals surface area contributed by atoms with Crippen LogP contribution in [0.2, 0.25) is 0 Å². The van der Waals surface area contributed by atoms with Gasteiger partial charge in [0.2, 0.25) is 0 Å². The first kappa shape index (κ1) is 86.8. The first-order valence-corrected chi connectivity index (χ1v) is 5.52. The molecule has 32 heavy (non-hydrogen) atoms. The fourth-order valence-corrected chi connectivity index (χ4v) is 1.48. The number of hydrogen-bond acceptors (Lipinski definition) is 6. The second kappa shape index (κ2) is 47.3. The monoisotopic (exact) mass is 588 g/mol. The standard InChI is InChI=1S/C10H16N2O8.2Ni.10H2O/c13-7(14)3-11(4-8(15)16)1-2-12(5-9(17)18)6-10(19)20;;;;;;;;;;;;/h1-6H2,(H,13,14)(H,15,16)(H,17,18)(H,19,20);;;10*1H2. The third-order valence-corrected chi connectivity index (χ3v) is 2.17. The van der Waals surface area contributed by atoms with Gasteiger partial charge in [-0.25, -0.2) is 0 Å². The van der Waals surface area contributed by atoms with Crippen LogP contribution in [-0.4, -0.2) is 148 Å². The van der Waals surface area contributed by atoms with Gasteiger partial charge in [-0.2, -0.15) is 0 Å². The van der Waals surface area contributed by atoms with E-state index in [4.69, 9.17) is 20.4 Å². The fraction of sp³-hybridized carbons (Fsp3) is 0.600. The van der Waals surface area contributed by atoms with E-state index in [1.54, 1.807) is 0 Å². The van der Waals surface area contributed by atoms with E-state index in [1.807, 2.05) is 0 Å². The van der Waals surface area contributed by atoms with Gasteiger partial charge in [-0.3, -0.25) is 29.0 Å². The minimum atomic E-state index is -1.23. The number of carbonyl (C=O) groups is 4. The quantitative estimate of drug-likeness (QED) is 0.165. The van der Waals surface area contributed by atoms with Crippen LogP contribution in [-0.2, 0) is 52.2 Å². The van der Waals surface area contributed by atoms with Crippen molar-refractivity contribution in [2.24, 2.45) is 0 Å². The molecule has 0 aliphatic heterocycles. The van der Waals surface area contributed by atoms with Crippen molar-refractivity contribution in [2.75, 3.05) is 39.3 Å². The molecule has 0 aromatic rings. The average Bonchev–Trinajstić information content (AvgIpc) is 2.22. The zero-order valence-corrected chi connectivity index (χ0v) is 18.2. The van der Waals surface area contributed by atoms with Crippen molar-refractivity contribution >= 4 is 23.9 Å². The summed E-state index contributed by atoms with van der Waals surface area (Å²) >= 11 is 0. The second-order valence-corrected chi connectivity index (χ2v) is 4.00. The van der Waals surface area contributed by atoms with Gasteiger partial charge in [-0.1, -0.05) is 0 Å². The Kier molecular flexibility index (Phi) is 128. The van der Waals surface area contributed by atoms with Gasteiger partial charge in [0.05, 0.1) is 26.2 Å². The van der Waals surface area contributed by atoms with Gasteiger partial charge in [-0.15, -0.1) is 0 Å². The Bertz CT molecular complexity index is 336. The summed E-state index contributed by atoms with van der Waals surface area (Å²) in [5.74, 6) is -4.91. The van der Waals surface area contributed by atoms with Crippen molar-refractivity contribution in [3.8, 4) is 0 Å². The van der Waals surface area contributed by atoms with Gasteiger partial charge in [0.25, 0.3) is 0 Å². The van der Waals surface area contributed by atoms with Crippen molar-refractivity contribution in [2.45, 2.75) is 0 Å². The molecule has 0 rings (SSSR count). The molecule has 0 spiro atoms. The zero-order valence-electron chi connectivity index (χ0n) is 16.2. The molecule has 0 saturated carbocycles. The molecule has 0 amide bonds. The maximum Gasteiger partial charge on any atom is 0.317 e. The number of rotatable bonds is 11. The van der Waals surface area contributed by atoms with Gasteiger partial charge >= 0.3 is 23.9 Å². The van der Waals surface area contributed by atoms with Crippen molar-refractivity contribution in [3.63, 3.8) is 0 Å². The Balaban J connectivity index is -0.0000000273. The first-order chi connectivity index (χ1) is 9.20. The first-order valence-electron chi connectivity index (χ1n) is 5.52. The van der Waals surface area contributed by atoms with Gasteiger partial charge in [-0.05, 0) is 0 Å². The van der Waals surface area contributed by atoms with Crippen molar-refractivity contribution in [1.82, 2.24) is 9.80 Å². The van der Waals surface area contributed by atoms with Crippen LogP contribution in [0.3, 0.4) is 0 Å². The minimum Gasteiger partial charge on any atom is -0.480 e. The molecule has 0 aromatic heterocycles. The summed E-state index contributed by atoms with van der Waals surface area (Å²) in [5, 5.41) is 34.5. The number of carboxylic acid groups (broad SMARTS) is 4. The summed E-state index contributed by atoms with van der Waals surface area (Å²) in [6.45, 7) is -2.25. The molecule has 214 valence electrons. The smallest absolute Gasteiger partial charge is 0.317 e. The van der Waals surface area contributed by atoms with E-state index in [2.05, 4.69) is 0 Å². The van der Waals surface area contributed by atoms with Crippen molar-refractivity contribution in [1.29, 1.82) is 0 Å². The molecule has 0 aromatic carbocycles. The summed E-state index contributed by atoms with van der Waals surface area (Å²) in [4.78, 5) is 44.4. The van der Waals surface area contributed by atoms with Crippen LogP contribution >= 0.6 is 0 Å². The number of carboxylic acids is 4. The Hall–Kier alpha value is -1.61. The SMILES string of the molecule is O.O.O.O.O.O.O.O.O.O.O=C(O)CN(CCN(CC(=O)O)CC(=O)O)CC(=O)O.[Ni].[Ni]. The van der Waals surface area contributed by atoms with Crippen LogP contribution in [0.25, 0.3) is 0 Å². The van der Waals surface area contributed by atoms with E-state index >= 15 is 0 Å². The Morgan fingerprint density at radius 1 is 0.406 bits per heavy atom. The largest absolute Gasteiger partial charge is 0.480 e. The summed E-state index contributed by atoms with van der Waals surface area (Å²) in [7, 11) is 0. The van der Waals surface area contributed by atoms with E-state index in [-0.39, 0.29) is 101 Å². The van der Waals surface area contributed by atoms with Crippen molar-refractivity contribution in [3.05, 3.63) is 0 Å².